The number of alkyl halides is 1. The van der Waals surface area contributed by atoms with Gasteiger partial charge in [-0.1, -0.05) is 60.5 Å². The average molecular weight is 341 g/mol. The van der Waals surface area contributed by atoms with Gasteiger partial charge in [0, 0.05) is 5.33 Å². The van der Waals surface area contributed by atoms with Gasteiger partial charge in [-0.05, 0) is 43.2 Å². The van der Waals surface area contributed by atoms with Crippen LogP contribution in [0.1, 0.15) is 51.2 Å². The monoisotopic (exact) mass is 340 g/mol. The van der Waals surface area contributed by atoms with Gasteiger partial charge in [-0.2, -0.15) is 0 Å². The normalized spacial score (nSPS) is 14.2. The summed E-state index contributed by atoms with van der Waals surface area (Å²) in [6, 6.07) is 8.11. The van der Waals surface area contributed by atoms with Crippen molar-refractivity contribution in [3.05, 3.63) is 35.4 Å². The molecule has 1 aromatic carbocycles. The molecule has 0 aliphatic rings. The van der Waals surface area contributed by atoms with Gasteiger partial charge in [-0.3, -0.25) is 4.79 Å². The minimum Gasteiger partial charge on any atom is -0.481 e. The molecule has 2 nitrogen and oxygen atoms in total. The van der Waals surface area contributed by atoms with Crippen molar-refractivity contribution in [3.8, 4) is 0 Å². The van der Waals surface area contributed by atoms with Crippen LogP contribution in [0.3, 0.4) is 0 Å². The van der Waals surface area contributed by atoms with Crippen LogP contribution in [0.2, 0.25) is 0 Å². The fraction of sp³-hybridized carbons (Fsp3) is 0.588. The highest BCUT2D eigenvalue weighted by molar-refractivity contribution is 9.09. The summed E-state index contributed by atoms with van der Waals surface area (Å²) in [5, 5.41) is 10.5. The standard InChI is InChI=1S/C17H25BrO2/c1-13(2)12-14-6-8-15(9-7-14)17(3,16(19)20)10-4-5-11-18/h6-9,13H,4-5,10-12H2,1-3H3,(H,19,20). The lowest BCUT2D eigenvalue weighted by molar-refractivity contribution is -0.143. The summed E-state index contributed by atoms with van der Waals surface area (Å²) in [6.45, 7) is 6.21. The van der Waals surface area contributed by atoms with Gasteiger partial charge in [0.1, 0.15) is 0 Å². The van der Waals surface area contributed by atoms with E-state index in [4.69, 9.17) is 0 Å². The minimum absolute atomic E-state index is 0.616. The first-order chi connectivity index (χ1) is 9.40. The first kappa shape index (κ1) is 17.2. The van der Waals surface area contributed by atoms with Gasteiger partial charge in [-0.25, -0.2) is 0 Å². The number of halogens is 1. The Morgan fingerprint density at radius 2 is 1.85 bits per heavy atom. The zero-order chi connectivity index (χ0) is 15.2. The molecule has 0 amide bonds. The van der Waals surface area contributed by atoms with Gasteiger partial charge >= 0.3 is 5.97 Å². The molecule has 1 unspecified atom stereocenters. The number of aliphatic carboxylic acids is 1. The molecule has 0 radical (unpaired) electrons. The first-order valence-electron chi connectivity index (χ1n) is 7.29. The van der Waals surface area contributed by atoms with Crippen molar-refractivity contribution in [3.63, 3.8) is 0 Å². The molecule has 0 saturated carbocycles. The smallest absolute Gasteiger partial charge is 0.313 e. The zero-order valence-corrected chi connectivity index (χ0v) is 14.2. The van der Waals surface area contributed by atoms with E-state index in [9.17, 15) is 9.90 Å². The number of benzene rings is 1. The van der Waals surface area contributed by atoms with Crippen LogP contribution >= 0.6 is 15.9 Å². The summed E-state index contributed by atoms with van der Waals surface area (Å²) in [6.07, 6.45) is 3.64. The van der Waals surface area contributed by atoms with Crippen molar-refractivity contribution < 1.29 is 9.90 Å². The lowest BCUT2D eigenvalue weighted by Crippen LogP contribution is -2.32. The van der Waals surface area contributed by atoms with Gasteiger partial charge in [-0.15, -0.1) is 0 Å². The summed E-state index contributed by atoms with van der Waals surface area (Å²) < 4.78 is 0. The SMILES string of the molecule is CC(C)Cc1ccc(C(C)(CCCCBr)C(=O)O)cc1. The van der Waals surface area contributed by atoms with E-state index in [2.05, 4.69) is 41.9 Å². The molecule has 0 saturated heterocycles. The summed E-state index contributed by atoms with van der Waals surface area (Å²) in [4.78, 5) is 11.7. The highest BCUT2D eigenvalue weighted by Gasteiger charge is 2.34. The third-order valence-electron chi connectivity index (χ3n) is 3.77. The number of rotatable bonds is 8. The van der Waals surface area contributed by atoms with E-state index in [0.717, 1.165) is 30.2 Å². The maximum atomic E-state index is 11.7. The number of hydrogen-bond acceptors (Lipinski definition) is 1. The molecule has 0 heterocycles. The molecular formula is C17H25BrO2. The molecule has 0 aliphatic carbocycles. The van der Waals surface area contributed by atoms with Crippen molar-refractivity contribution in [2.45, 2.75) is 51.9 Å². The lowest BCUT2D eigenvalue weighted by atomic mass is 9.78. The molecule has 1 atom stereocenters. The first-order valence-corrected chi connectivity index (χ1v) is 8.41. The van der Waals surface area contributed by atoms with Crippen LogP contribution in [0, 0.1) is 5.92 Å². The fourth-order valence-electron chi connectivity index (χ4n) is 2.43. The van der Waals surface area contributed by atoms with Crippen LogP contribution in [-0.4, -0.2) is 16.4 Å². The maximum Gasteiger partial charge on any atom is 0.313 e. The number of carboxylic acids is 1. The molecule has 1 aromatic rings. The lowest BCUT2D eigenvalue weighted by Gasteiger charge is -2.25. The van der Waals surface area contributed by atoms with Gasteiger partial charge < -0.3 is 5.11 Å². The van der Waals surface area contributed by atoms with E-state index < -0.39 is 11.4 Å². The molecule has 0 aromatic heterocycles. The predicted octanol–water partition coefficient (Wildman–Crippen LogP) is 4.79. The second kappa shape index (κ2) is 7.82. The molecular weight excluding hydrogens is 316 g/mol. The second-order valence-electron chi connectivity index (χ2n) is 6.08. The summed E-state index contributed by atoms with van der Waals surface area (Å²) in [5.41, 5.74) is 1.41. The molecule has 1 rings (SSSR count). The van der Waals surface area contributed by atoms with Crippen LogP contribution in [0.5, 0.6) is 0 Å². The van der Waals surface area contributed by atoms with Crippen LogP contribution in [0.25, 0.3) is 0 Å². The molecule has 112 valence electrons. The van der Waals surface area contributed by atoms with Gasteiger partial charge in [0.15, 0.2) is 0 Å². The molecule has 0 spiro atoms. The highest BCUT2D eigenvalue weighted by atomic mass is 79.9. The van der Waals surface area contributed by atoms with E-state index >= 15 is 0 Å². The largest absolute Gasteiger partial charge is 0.481 e. The van der Waals surface area contributed by atoms with Crippen LogP contribution in [-0.2, 0) is 16.6 Å². The number of unbranched alkanes of at least 4 members (excludes halogenated alkanes) is 1. The van der Waals surface area contributed by atoms with E-state index in [1.54, 1.807) is 0 Å². The summed E-state index contributed by atoms with van der Waals surface area (Å²) in [7, 11) is 0. The van der Waals surface area contributed by atoms with Crippen molar-refractivity contribution >= 4 is 21.9 Å². The Kier molecular flexibility index (Phi) is 6.74. The molecule has 0 fully saturated rings. The second-order valence-corrected chi connectivity index (χ2v) is 6.87. The van der Waals surface area contributed by atoms with Crippen LogP contribution in [0.4, 0.5) is 0 Å². The Bertz CT molecular complexity index is 425. The Morgan fingerprint density at radius 1 is 1.25 bits per heavy atom. The Labute approximate surface area is 130 Å². The fourth-order valence-corrected chi connectivity index (χ4v) is 2.82. The topological polar surface area (TPSA) is 37.3 Å². The minimum atomic E-state index is -0.779. The number of carboxylic acid groups (broad SMARTS) is 1. The third-order valence-corrected chi connectivity index (χ3v) is 4.33. The van der Waals surface area contributed by atoms with E-state index in [1.807, 2.05) is 19.1 Å². The van der Waals surface area contributed by atoms with Crippen LogP contribution in [0.15, 0.2) is 24.3 Å². The van der Waals surface area contributed by atoms with E-state index in [0.29, 0.717) is 12.3 Å². The Morgan fingerprint density at radius 3 is 2.30 bits per heavy atom. The molecule has 3 heteroatoms. The molecule has 20 heavy (non-hydrogen) atoms. The molecule has 0 bridgehead atoms. The number of hydrogen-bond donors (Lipinski definition) is 1. The quantitative estimate of drug-likeness (QED) is 0.545. The van der Waals surface area contributed by atoms with Crippen LogP contribution < -0.4 is 0 Å². The van der Waals surface area contributed by atoms with Gasteiger partial charge in [0.25, 0.3) is 0 Å². The van der Waals surface area contributed by atoms with E-state index in [-0.39, 0.29) is 0 Å². The van der Waals surface area contributed by atoms with Gasteiger partial charge in [0.2, 0.25) is 0 Å². The highest BCUT2D eigenvalue weighted by Crippen LogP contribution is 2.30. The number of carbonyl (C=O) groups is 1. The van der Waals surface area contributed by atoms with E-state index in [1.165, 1.54) is 5.56 Å². The van der Waals surface area contributed by atoms with Crippen molar-refractivity contribution in [2.75, 3.05) is 5.33 Å². The van der Waals surface area contributed by atoms with Crippen molar-refractivity contribution in [2.24, 2.45) is 5.92 Å². The summed E-state index contributed by atoms with van der Waals surface area (Å²) >= 11 is 3.40. The molecule has 0 aliphatic heterocycles. The Balaban J connectivity index is 2.88. The predicted molar refractivity (Wildman–Crippen MR) is 87.6 cm³/mol. The maximum absolute atomic E-state index is 11.7. The van der Waals surface area contributed by atoms with Crippen molar-refractivity contribution in [1.82, 2.24) is 0 Å². The third kappa shape index (κ3) is 4.62. The van der Waals surface area contributed by atoms with Crippen molar-refractivity contribution in [1.29, 1.82) is 0 Å². The summed E-state index contributed by atoms with van der Waals surface area (Å²) in [5.74, 6) is -0.116. The van der Waals surface area contributed by atoms with Gasteiger partial charge in [0.05, 0.1) is 5.41 Å². The molecule has 1 N–H and O–H groups in total. The average Bonchev–Trinajstić information content (AvgIpc) is 2.38. The zero-order valence-electron chi connectivity index (χ0n) is 12.7. The Hall–Kier alpha value is -0.830.